The fourth-order valence-corrected chi connectivity index (χ4v) is 3.15. The number of rotatable bonds is 3. The molecule has 1 aliphatic carbocycles. The first-order chi connectivity index (χ1) is 11.9. The van der Waals surface area contributed by atoms with E-state index in [4.69, 9.17) is 10.7 Å². The van der Waals surface area contributed by atoms with Crippen molar-refractivity contribution >= 4 is 22.9 Å². The Labute approximate surface area is 149 Å². The van der Waals surface area contributed by atoms with Gasteiger partial charge in [-0.1, -0.05) is 39.0 Å². The van der Waals surface area contributed by atoms with Crippen LogP contribution in [-0.2, 0) is 6.42 Å². The Kier molecular flexibility index (Phi) is 4.57. The number of nitrogens with one attached hydrogen (secondary N) is 1. The van der Waals surface area contributed by atoms with Crippen molar-refractivity contribution in [1.82, 2.24) is 9.97 Å². The first-order valence-corrected chi connectivity index (χ1v) is 8.54. The summed E-state index contributed by atoms with van der Waals surface area (Å²) in [6, 6.07) is 9.91. The molecule has 0 amide bonds. The number of aryl methyl sites for hydroxylation is 1. The van der Waals surface area contributed by atoms with Gasteiger partial charge < -0.3 is 11.1 Å². The molecule has 5 heteroatoms. The molecule has 0 aliphatic heterocycles. The van der Waals surface area contributed by atoms with Crippen LogP contribution in [0.15, 0.2) is 47.2 Å². The van der Waals surface area contributed by atoms with E-state index in [0.29, 0.717) is 5.95 Å². The molecular weight excluding hydrogens is 310 g/mol. The lowest BCUT2D eigenvalue weighted by Gasteiger charge is -2.28. The van der Waals surface area contributed by atoms with E-state index in [2.05, 4.69) is 36.1 Å². The lowest BCUT2D eigenvalue weighted by molar-refractivity contribution is 0.593. The predicted octanol–water partition coefficient (Wildman–Crippen LogP) is 3.95. The highest BCUT2D eigenvalue weighted by atomic mass is 15.1. The molecule has 25 heavy (non-hydrogen) atoms. The van der Waals surface area contributed by atoms with Crippen molar-refractivity contribution in [2.45, 2.75) is 33.6 Å². The molecule has 0 saturated heterocycles. The van der Waals surface area contributed by atoms with E-state index in [1.54, 1.807) is 0 Å². The summed E-state index contributed by atoms with van der Waals surface area (Å²) in [5.41, 5.74) is 12.1. The van der Waals surface area contributed by atoms with Crippen molar-refractivity contribution in [3.8, 4) is 0 Å². The van der Waals surface area contributed by atoms with Crippen LogP contribution in [-0.4, -0.2) is 22.7 Å². The van der Waals surface area contributed by atoms with Crippen LogP contribution in [0.25, 0.3) is 5.57 Å². The molecule has 0 fully saturated rings. The summed E-state index contributed by atoms with van der Waals surface area (Å²) in [6.07, 6.45) is 3.57. The van der Waals surface area contributed by atoms with Crippen molar-refractivity contribution in [2.24, 2.45) is 16.1 Å². The molecule has 0 bridgehead atoms. The Balaban J connectivity index is 2.05. The second-order valence-electron chi connectivity index (χ2n) is 7.28. The van der Waals surface area contributed by atoms with Crippen LogP contribution >= 0.6 is 0 Å². The minimum Gasteiger partial charge on any atom is -0.401 e. The Morgan fingerprint density at radius 2 is 1.88 bits per heavy atom. The van der Waals surface area contributed by atoms with Gasteiger partial charge >= 0.3 is 0 Å². The Hall–Kier alpha value is -2.69. The fraction of sp³-hybridized carbons (Fsp3) is 0.350. The standard InChI is InChI=1S/C20H25N5/c1-20(2,3)18(22-4)16-15(21)11-10-13-12-23-19(25-17(13)16)24-14-8-6-5-7-9-14/h5-9,12H,10-11,21H2,1-4H3,(H,23,24,25). The van der Waals surface area contributed by atoms with E-state index in [1.165, 1.54) is 0 Å². The van der Waals surface area contributed by atoms with Gasteiger partial charge in [-0.15, -0.1) is 0 Å². The van der Waals surface area contributed by atoms with Crippen LogP contribution < -0.4 is 11.1 Å². The second-order valence-corrected chi connectivity index (χ2v) is 7.28. The summed E-state index contributed by atoms with van der Waals surface area (Å²) >= 11 is 0. The lowest BCUT2D eigenvalue weighted by Crippen LogP contribution is -2.27. The second kappa shape index (κ2) is 6.67. The fourth-order valence-electron chi connectivity index (χ4n) is 3.15. The third kappa shape index (κ3) is 3.55. The van der Waals surface area contributed by atoms with Gasteiger partial charge in [0.25, 0.3) is 0 Å². The zero-order chi connectivity index (χ0) is 18.0. The normalized spacial score (nSPS) is 15.1. The van der Waals surface area contributed by atoms with Crippen LogP contribution in [0.4, 0.5) is 11.6 Å². The maximum atomic E-state index is 6.39. The summed E-state index contributed by atoms with van der Waals surface area (Å²) in [5, 5.41) is 3.26. The van der Waals surface area contributed by atoms with E-state index in [1.807, 2.05) is 43.6 Å². The maximum absolute atomic E-state index is 6.39. The molecule has 3 N–H and O–H groups in total. The highest BCUT2D eigenvalue weighted by Gasteiger charge is 2.30. The number of anilines is 2. The lowest BCUT2D eigenvalue weighted by atomic mass is 9.80. The number of para-hydroxylation sites is 1. The summed E-state index contributed by atoms with van der Waals surface area (Å²) < 4.78 is 0. The number of nitrogens with zero attached hydrogens (tertiary/aromatic N) is 3. The molecule has 5 nitrogen and oxygen atoms in total. The molecular formula is C20H25N5. The van der Waals surface area contributed by atoms with Gasteiger partial charge in [-0.05, 0) is 30.5 Å². The zero-order valence-electron chi connectivity index (χ0n) is 15.3. The zero-order valence-corrected chi connectivity index (χ0v) is 15.3. The molecule has 0 saturated carbocycles. The van der Waals surface area contributed by atoms with Crippen molar-refractivity contribution < 1.29 is 0 Å². The first kappa shape index (κ1) is 17.1. The van der Waals surface area contributed by atoms with Gasteiger partial charge in [0, 0.05) is 35.6 Å². The van der Waals surface area contributed by atoms with Gasteiger partial charge in [-0.3, -0.25) is 4.99 Å². The summed E-state index contributed by atoms with van der Waals surface area (Å²) in [5.74, 6) is 0.571. The third-order valence-corrected chi connectivity index (χ3v) is 4.29. The van der Waals surface area contributed by atoms with E-state index in [9.17, 15) is 0 Å². The largest absolute Gasteiger partial charge is 0.401 e. The molecule has 0 spiro atoms. The predicted molar refractivity (Wildman–Crippen MR) is 104 cm³/mol. The average Bonchev–Trinajstić information content (AvgIpc) is 2.57. The minimum absolute atomic E-state index is 0.110. The Bertz CT molecular complexity index is 829. The van der Waals surface area contributed by atoms with Crippen LogP contribution in [0.3, 0.4) is 0 Å². The van der Waals surface area contributed by atoms with Crippen molar-refractivity contribution in [2.75, 3.05) is 12.4 Å². The first-order valence-electron chi connectivity index (χ1n) is 8.54. The number of fused-ring (bicyclic) bond motifs is 1. The molecule has 1 heterocycles. The molecule has 3 rings (SSSR count). The highest BCUT2D eigenvalue weighted by Crippen LogP contribution is 2.35. The van der Waals surface area contributed by atoms with Crippen molar-refractivity contribution in [3.63, 3.8) is 0 Å². The smallest absolute Gasteiger partial charge is 0.227 e. The molecule has 2 aromatic rings. The number of aromatic nitrogens is 2. The van der Waals surface area contributed by atoms with Crippen LogP contribution in [0.5, 0.6) is 0 Å². The van der Waals surface area contributed by atoms with Gasteiger partial charge in [-0.2, -0.15) is 0 Å². The number of allylic oxidation sites excluding steroid dienone is 2. The number of nitrogens with two attached hydrogens (primary N) is 1. The molecule has 1 aromatic heterocycles. The van der Waals surface area contributed by atoms with Crippen LogP contribution in [0.1, 0.15) is 38.4 Å². The van der Waals surface area contributed by atoms with Gasteiger partial charge in [0.2, 0.25) is 5.95 Å². The molecule has 0 unspecified atom stereocenters. The van der Waals surface area contributed by atoms with E-state index >= 15 is 0 Å². The molecule has 1 aliphatic rings. The number of hydrogen-bond donors (Lipinski definition) is 2. The average molecular weight is 335 g/mol. The van der Waals surface area contributed by atoms with Gasteiger partial charge in [0.15, 0.2) is 0 Å². The molecule has 1 aromatic carbocycles. The van der Waals surface area contributed by atoms with E-state index < -0.39 is 0 Å². The number of hydrogen-bond acceptors (Lipinski definition) is 5. The Morgan fingerprint density at radius 1 is 1.16 bits per heavy atom. The summed E-state index contributed by atoms with van der Waals surface area (Å²) in [4.78, 5) is 13.8. The SMILES string of the molecule is CN=C(C1=C(N)CCc2cnc(Nc3ccccc3)nc21)C(C)(C)C. The molecule has 0 atom stereocenters. The van der Waals surface area contributed by atoms with Gasteiger partial charge in [0.1, 0.15) is 0 Å². The maximum Gasteiger partial charge on any atom is 0.227 e. The topological polar surface area (TPSA) is 76.2 Å². The van der Waals surface area contributed by atoms with E-state index in [-0.39, 0.29) is 5.41 Å². The van der Waals surface area contributed by atoms with Crippen molar-refractivity contribution in [3.05, 3.63) is 53.5 Å². The summed E-state index contributed by atoms with van der Waals surface area (Å²) in [7, 11) is 1.82. The monoisotopic (exact) mass is 335 g/mol. The number of aliphatic imine (C=N–C) groups is 1. The molecule has 130 valence electrons. The summed E-state index contributed by atoms with van der Waals surface area (Å²) in [6.45, 7) is 6.44. The van der Waals surface area contributed by atoms with Crippen LogP contribution in [0, 0.1) is 5.41 Å². The van der Waals surface area contributed by atoms with Gasteiger partial charge in [0.05, 0.1) is 11.4 Å². The van der Waals surface area contributed by atoms with Crippen LogP contribution in [0.2, 0.25) is 0 Å². The minimum atomic E-state index is -0.110. The third-order valence-electron chi connectivity index (χ3n) is 4.29. The van der Waals surface area contributed by atoms with Gasteiger partial charge in [-0.25, -0.2) is 9.97 Å². The number of benzene rings is 1. The Morgan fingerprint density at radius 3 is 2.52 bits per heavy atom. The quantitative estimate of drug-likeness (QED) is 0.833. The van der Waals surface area contributed by atoms with E-state index in [0.717, 1.165) is 46.8 Å². The molecule has 0 radical (unpaired) electrons. The highest BCUT2D eigenvalue weighted by molar-refractivity contribution is 6.26. The van der Waals surface area contributed by atoms with Crippen molar-refractivity contribution in [1.29, 1.82) is 0 Å².